The van der Waals surface area contributed by atoms with Crippen LogP contribution in [0.15, 0.2) is 97.1 Å². The summed E-state index contributed by atoms with van der Waals surface area (Å²) in [5.41, 5.74) is 9.05. The van der Waals surface area contributed by atoms with E-state index in [1.807, 2.05) is 24.3 Å². The molecule has 2 aliphatic heterocycles. The summed E-state index contributed by atoms with van der Waals surface area (Å²) in [5, 5.41) is 0.619. The summed E-state index contributed by atoms with van der Waals surface area (Å²) >= 11 is 29.3. The van der Waals surface area contributed by atoms with Crippen molar-refractivity contribution in [1.82, 2.24) is 19.9 Å². The Labute approximate surface area is 407 Å². The molecule has 338 valence electrons. The molecule has 0 radical (unpaired) electrons. The van der Waals surface area contributed by atoms with E-state index < -0.39 is 23.9 Å². The van der Waals surface area contributed by atoms with Gasteiger partial charge in [0.15, 0.2) is 0 Å². The van der Waals surface area contributed by atoms with Crippen LogP contribution in [-0.2, 0) is 18.9 Å². The topological polar surface area (TPSA) is 163 Å². The number of methoxy groups -OCH3 is 4. The number of aromatic nitrogens is 4. The highest BCUT2D eigenvalue weighted by atomic mass is 35.5. The van der Waals surface area contributed by atoms with Crippen LogP contribution in [0.1, 0.15) is 64.2 Å². The van der Waals surface area contributed by atoms with Crippen molar-refractivity contribution in [2.45, 2.75) is 0 Å². The molecule has 0 unspecified atom stereocenters. The maximum atomic E-state index is 12.6. The number of nitrogens with one attached hydrogen (secondary N) is 2. The molecule has 2 N–H and O–H groups in total. The van der Waals surface area contributed by atoms with Gasteiger partial charge in [-0.1, -0.05) is 94.9 Å². The van der Waals surface area contributed by atoms with Crippen LogP contribution in [0.2, 0.25) is 20.1 Å². The van der Waals surface area contributed by atoms with Gasteiger partial charge in [-0.2, -0.15) is 0 Å². The fourth-order valence-corrected chi connectivity index (χ4v) is 9.07. The van der Waals surface area contributed by atoms with Gasteiger partial charge in [-0.25, -0.2) is 29.1 Å². The number of ether oxygens (including phenoxy) is 4. The molecule has 4 aromatic carbocycles. The summed E-state index contributed by atoms with van der Waals surface area (Å²) in [6, 6.07) is 27.0. The van der Waals surface area contributed by atoms with Gasteiger partial charge >= 0.3 is 23.9 Å². The summed E-state index contributed by atoms with van der Waals surface area (Å²) in [6.45, 7) is 0. The summed E-state index contributed by atoms with van der Waals surface area (Å²) in [6.07, 6.45) is 7.24. The van der Waals surface area contributed by atoms with Gasteiger partial charge in [0, 0.05) is 22.3 Å². The highest BCUT2D eigenvalue weighted by molar-refractivity contribution is 6.48. The van der Waals surface area contributed by atoms with Gasteiger partial charge < -0.3 is 28.9 Å². The van der Waals surface area contributed by atoms with Crippen LogP contribution in [0.3, 0.4) is 0 Å². The number of hydrogen-bond donors (Lipinski definition) is 2. The number of benzene rings is 4. The smallest absolute Gasteiger partial charge is 0.337 e. The van der Waals surface area contributed by atoms with Gasteiger partial charge in [0.2, 0.25) is 0 Å². The van der Waals surface area contributed by atoms with E-state index in [1.54, 1.807) is 97.1 Å². The van der Waals surface area contributed by atoms with Crippen LogP contribution >= 0.6 is 46.4 Å². The maximum absolute atomic E-state index is 12.6. The second-order valence-corrected chi connectivity index (χ2v) is 16.7. The number of halogens is 4. The number of fused-ring (bicyclic) bond motifs is 8. The zero-order valence-corrected chi connectivity index (χ0v) is 39.2. The molecule has 8 bridgehead atoms. The van der Waals surface area contributed by atoms with Crippen molar-refractivity contribution in [2.24, 2.45) is 0 Å². The number of aromatic amines is 2. The van der Waals surface area contributed by atoms with Crippen molar-refractivity contribution in [1.29, 1.82) is 0 Å². The molecule has 16 heteroatoms. The first-order valence-electron chi connectivity index (χ1n) is 20.5. The standard InChI is InChI=1S/C52H34Cl4N4O8/c1-65-49(61)29-13-5-25(6-14-29)37-33-21-22-34(57-33)38(26-7-15-30(16-8-26)50(62)66-2)47-43(55)44(56)48(60-47)40(28-11-19-32(20-12-28)52(64)68-4)36-24-23-35(58-36)39(46-42(54)41(53)45(37)59-46)27-9-17-31(18-10-27)51(63)67-3/h5-24,59-60H,1-4H3. The zero-order chi connectivity index (χ0) is 48.0. The summed E-state index contributed by atoms with van der Waals surface area (Å²) in [5.74, 6) is -2.08. The van der Waals surface area contributed by atoms with Crippen molar-refractivity contribution in [2.75, 3.05) is 28.4 Å². The van der Waals surface area contributed by atoms with Gasteiger partial charge in [-0.05, 0) is 95.1 Å². The van der Waals surface area contributed by atoms with E-state index in [0.717, 1.165) is 0 Å². The number of carbonyl (C=O) groups excluding carboxylic acids is 4. The van der Waals surface area contributed by atoms with Crippen LogP contribution in [0.25, 0.3) is 90.9 Å². The third-order valence-electron chi connectivity index (χ3n) is 11.4. The van der Waals surface area contributed by atoms with Crippen LogP contribution in [-0.4, -0.2) is 72.3 Å². The molecule has 0 spiro atoms. The largest absolute Gasteiger partial charge is 0.465 e. The minimum Gasteiger partial charge on any atom is -0.465 e. The lowest BCUT2D eigenvalue weighted by molar-refractivity contribution is 0.0592. The monoisotopic (exact) mass is 982 g/mol. The summed E-state index contributed by atoms with van der Waals surface area (Å²) < 4.78 is 19.9. The number of hydrogen-bond acceptors (Lipinski definition) is 10. The van der Waals surface area contributed by atoms with Gasteiger partial charge in [0.1, 0.15) is 0 Å². The molecule has 5 heterocycles. The average molecular weight is 985 g/mol. The third kappa shape index (κ3) is 8.11. The van der Waals surface area contributed by atoms with E-state index in [4.69, 9.17) is 75.3 Å². The average Bonchev–Trinajstić information content (AvgIpc) is 4.17. The Hall–Kier alpha value is -7.48. The Morgan fingerprint density at radius 2 is 0.544 bits per heavy atom. The molecule has 9 rings (SSSR count). The van der Waals surface area contributed by atoms with Crippen molar-refractivity contribution in [3.8, 4) is 44.5 Å². The summed E-state index contributed by atoms with van der Waals surface area (Å²) in [7, 11) is 5.22. The van der Waals surface area contributed by atoms with Crippen molar-refractivity contribution < 1.29 is 38.1 Å². The van der Waals surface area contributed by atoms with E-state index in [-0.39, 0.29) is 20.1 Å². The number of carbonyl (C=O) groups is 4. The van der Waals surface area contributed by atoms with E-state index in [9.17, 15) is 19.2 Å². The molecule has 7 aromatic rings. The molecule has 0 saturated heterocycles. The predicted molar refractivity (Wildman–Crippen MR) is 266 cm³/mol. The van der Waals surface area contributed by atoms with E-state index >= 15 is 0 Å². The first-order chi connectivity index (χ1) is 32.8. The van der Waals surface area contributed by atoms with Crippen LogP contribution in [0.4, 0.5) is 0 Å². The van der Waals surface area contributed by atoms with E-state index in [1.165, 1.54) is 28.4 Å². The van der Waals surface area contributed by atoms with Crippen molar-refractivity contribution >= 4 is 117 Å². The molecule has 0 saturated carbocycles. The number of nitrogens with zero attached hydrogens (tertiary/aromatic N) is 2. The first kappa shape index (κ1) is 45.7. The minimum absolute atomic E-state index is 0.155. The molecular formula is C52H34Cl4N4O8. The Morgan fingerprint density at radius 3 is 0.721 bits per heavy atom. The van der Waals surface area contributed by atoms with Crippen molar-refractivity contribution in [3.63, 3.8) is 0 Å². The lowest BCUT2D eigenvalue weighted by Gasteiger charge is -2.08. The molecule has 0 atom stereocenters. The quantitative estimate of drug-likeness (QED) is 0.111. The number of H-pyrrole nitrogens is 2. The van der Waals surface area contributed by atoms with Crippen molar-refractivity contribution in [3.05, 3.63) is 162 Å². The molecule has 0 fully saturated rings. The van der Waals surface area contributed by atoms with Crippen LogP contribution < -0.4 is 0 Å². The Kier molecular flexibility index (Phi) is 12.5. The Balaban J connectivity index is 1.48. The minimum atomic E-state index is -0.521. The van der Waals surface area contributed by atoms with Crippen LogP contribution in [0, 0.1) is 0 Å². The Bertz CT molecular complexity index is 3030. The maximum Gasteiger partial charge on any atom is 0.337 e. The summed E-state index contributed by atoms with van der Waals surface area (Å²) in [4.78, 5) is 67.8. The van der Waals surface area contributed by atoms with Crippen LogP contribution in [0.5, 0.6) is 0 Å². The zero-order valence-electron chi connectivity index (χ0n) is 36.2. The normalized spacial score (nSPS) is 11.6. The van der Waals surface area contributed by atoms with Gasteiger partial charge in [-0.15, -0.1) is 0 Å². The fourth-order valence-electron chi connectivity index (χ4n) is 8.12. The molecule has 12 nitrogen and oxygen atoms in total. The number of esters is 4. The fraction of sp³-hybridized carbons (Fsp3) is 0.0769. The molecule has 2 aliphatic rings. The molecule has 0 aliphatic carbocycles. The van der Waals surface area contributed by atoms with Gasteiger partial charge in [0.05, 0.1) is 116 Å². The highest BCUT2D eigenvalue weighted by Gasteiger charge is 2.25. The number of rotatable bonds is 8. The second kappa shape index (κ2) is 18.7. The molecule has 3 aromatic heterocycles. The molecule has 68 heavy (non-hydrogen) atoms. The lowest BCUT2D eigenvalue weighted by Crippen LogP contribution is -2.00. The molecular weight excluding hydrogens is 950 g/mol. The van der Waals surface area contributed by atoms with E-state index in [0.29, 0.717) is 112 Å². The second-order valence-electron chi connectivity index (χ2n) is 15.2. The van der Waals surface area contributed by atoms with Gasteiger partial charge in [0.25, 0.3) is 0 Å². The highest BCUT2D eigenvalue weighted by Crippen LogP contribution is 2.46. The van der Waals surface area contributed by atoms with Gasteiger partial charge in [-0.3, -0.25) is 0 Å². The van der Waals surface area contributed by atoms with E-state index in [2.05, 4.69) is 9.97 Å². The molecule has 0 amide bonds. The SMILES string of the molecule is COC(=O)c1ccc(-c2c3nc(c(-c4ccc(C(=O)OC)cc4)c4[nH]c(c(Cl)c4Cl)c(-c4ccc(C(=O)OC)cc4)c4nc(c(-c5ccc(C(=O)OC)cc5)c5[nH]c2c(Cl)c5Cl)C=C4)C=C3)cc1. The Morgan fingerprint density at radius 1 is 0.353 bits per heavy atom. The first-order valence-corrected chi connectivity index (χ1v) is 22.0. The predicted octanol–water partition coefficient (Wildman–Crippen LogP) is 13.1. The lowest BCUT2D eigenvalue weighted by atomic mass is 10.0. The third-order valence-corrected chi connectivity index (χ3v) is 13.2.